The Morgan fingerprint density at radius 2 is 2.12 bits per heavy atom. The Balaban J connectivity index is 1.92. The van der Waals surface area contributed by atoms with Gasteiger partial charge in [0, 0.05) is 18.5 Å². The van der Waals surface area contributed by atoms with Gasteiger partial charge in [0.05, 0.1) is 0 Å². The van der Waals surface area contributed by atoms with Crippen LogP contribution in [0.2, 0.25) is 0 Å². The smallest absolute Gasteiger partial charge is 0.195 e. The lowest BCUT2D eigenvalue weighted by molar-refractivity contribution is 0.155. The summed E-state index contributed by atoms with van der Waals surface area (Å²) in [6.45, 7) is 4.64. The summed E-state index contributed by atoms with van der Waals surface area (Å²) in [5, 5.41) is 7.43. The van der Waals surface area contributed by atoms with Gasteiger partial charge in [0.2, 0.25) is 0 Å². The molecule has 1 aromatic rings. The second kappa shape index (κ2) is 4.21. The normalized spacial score (nSPS) is 30.7. The number of aromatic nitrogens is 3. The number of rotatable bonds is 2. The average molecular weight is 252 g/mol. The minimum Gasteiger partial charge on any atom is -0.306 e. The lowest BCUT2D eigenvalue weighted by atomic mass is 9.94. The van der Waals surface area contributed by atoms with E-state index in [4.69, 9.17) is 12.2 Å². The highest BCUT2D eigenvalue weighted by molar-refractivity contribution is 7.71. The van der Waals surface area contributed by atoms with Crippen LogP contribution in [0.5, 0.6) is 0 Å². The van der Waals surface area contributed by atoms with Gasteiger partial charge < -0.3 is 9.47 Å². The predicted octanol–water partition coefficient (Wildman–Crippen LogP) is 2.33. The zero-order valence-electron chi connectivity index (χ0n) is 10.5. The van der Waals surface area contributed by atoms with Crippen LogP contribution >= 0.6 is 12.2 Å². The fraction of sp³-hybridized carbons (Fsp3) is 0.833. The van der Waals surface area contributed by atoms with E-state index in [1.807, 2.05) is 0 Å². The summed E-state index contributed by atoms with van der Waals surface area (Å²) in [5.74, 6) is 2.52. The molecule has 17 heavy (non-hydrogen) atoms. The first-order chi connectivity index (χ1) is 8.16. The quantitative estimate of drug-likeness (QED) is 0.821. The zero-order chi connectivity index (χ0) is 12.0. The maximum absolute atomic E-state index is 5.41. The van der Waals surface area contributed by atoms with Gasteiger partial charge in [-0.2, -0.15) is 5.10 Å². The first-order valence-corrected chi connectivity index (χ1v) is 6.93. The average Bonchev–Trinajstić information content (AvgIpc) is 3.04. The molecule has 0 bridgehead atoms. The van der Waals surface area contributed by atoms with Gasteiger partial charge in [0.1, 0.15) is 5.82 Å². The van der Waals surface area contributed by atoms with Crippen LogP contribution in [0.25, 0.3) is 0 Å². The number of likely N-dealkylation sites (tertiary alicyclic amines) is 1. The second-order valence-corrected chi connectivity index (χ2v) is 6.01. The van der Waals surface area contributed by atoms with Crippen LogP contribution in [0, 0.1) is 10.7 Å². The molecule has 0 radical (unpaired) electrons. The molecule has 5 heteroatoms. The minimum absolute atomic E-state index is 0.535. The fourth-order valence-corrected chi connectivity index (χ4v) is 3.27. The minimum atomic E-state index is 0.535. The van der Waals surface area contributed by atoms with Gasteiger partial charge in [-0.25, -0.2) is 0 Å². The van der Waals surface area contributed by atoms with Crippen molar-refractivity contribution in [2.75, 3.05) is 20.1 Å². The van der Waals surface area contributed by atoms with Crippen LogP contribution in [0.15, 0.2) is 0 Å². The fourth-order valence-electron chi connectivity index (χ4n) is 2.99. The number of hydrogen-bond acceptors (Lipinski definition) is 3. The van der Waals surface area contributed by atoms with Gasteiger partial charge >= 0.3 is 0 Å². The molecule has 1 N–H and O–H groups in total. The summed E-state index contributed by atoms with van der Waals surface area (Å²) in [6, 6.07) is 0.535. The molecule has 2 aliphatic rings. The molecule has 1 saturated heterocycles. The van der Waals surface area contributed by atoms with E-state index >= 15 is 0 Å². The lowest BCUT2D eigenvalue weighted by Gasteiger charge is -2.35. The van der Waals surface area contributed by atoms with E-state index in [1.54, 1.807) is 0 Å². The topological polar surface area (TPSA) is 36.9 Å². The van der Waals surface area contributed by atoms with Crippen LogP contribution < -0.4 is 0 Å². The van der Waals surface area contributed by atoms with Crippen molar-refractivity contribution < 1.29 is 0 Å². The van der Waals surface area contributed by atoms with E-state index in [0.717, 1.165) is 17.9 Å². The summed E-state index contributed by atoms with van der Waals surface area (Å²) < 4.78 is 3.12. The van der Waals surface area contributed by atoms with Crippen LogP contribution in [0.3, 0.4) is 0 Å². The Hall–Kier alpha value is -0.680. The molecular formula is C12H20N4S. The third-order valence-corrected chi connectivity index (χ3v) is 4.36. The first kappa shape index (κ1) is 11.4. The number of H-pyrrole nitrogens is 1. The Bertz CT molecular complexity index is 459. The van der Waals surface area contributed by atoms with Crippen LogP contribution in [0.1, 0.15) is 44.0 Å². The summed E-state index contributed by atoms with van der Waals surface area (Å²) in [6.07, 6.45) is 3.74. The molecule has 1 aromatic heterocycles. The number of nitrogens with zero attached hydrogens (tertiary/aromatic N) is 3. The van der Waals surface area contributed by atoms with Gasteiger partial charge in [-0.3, -0.25) is 5.10 Å². The predicted molar refractivity (Wildman–Crippen MR) is 69.7 cm³/mol. The standard InChI is InChI=1S/C12H20N4S/c1-8-7-15(2)6-5-10(8)16-11(9-3-4-9)13-14-12(16)17/h8-10H,3-7H2,1-2H3,(H,14,17). The monoisotopic (exact) mass is 252 g/mol. The number of nitrogens with one attached hydrogen (secondary N) is 1. The Morgan fingerprint density at radius 3 is 2.76 bits per heavy atom. The van der Waals surface area contributed by atoms with Gasteiger partial charge in [-0.1, -0.05) is 6.92 Å². The van der Waals surface area contributed by atoms with E-state index in [0.29, 0.717) is 17.9 Å². The summed E-state index contributed by atoms with van der Waals surface area (Å²) in [7, 11) is 2.20. The molecule has 4 nitrogen and oxygen atoms in total. The van der Waals surface area contributed by atoms with Crippen LogP contribution in [-0.4, -0.2) is 39.8 Å². The summed E-state index contributed by atoms with van der Waals surface area (Å²) in [4.78, 5) is 2.40. The maximum Gasteiger partial charge on any atom is 0.195 e. The summed E-state index contributed by atoms with van der Waals surface area (Å²) in [5.41, 5.74) is 0. The molecule has 0 amide bonds. The van der Waals surface area contributed by atoms with E-state index in [1.165, 1.54) is 25.1 Å². The molecular weight excluding hydrogens is 232 g/mol. The molecule has 2 fully saturated rings. The van der Waals surface area contributed by atoms with Crippen LogP contribution in [0.4, 0.5) is 0 Å². The Morgan fingerprint density at radius 1 is 1.35 bits per heavy atom. The van der Waals surface area contributed by atoms with Crippen LogP contribution in [-0.2, 0) is 0 Å². The third-order valence-electron chi connectivity index (χ3n) is 4.07. The zero-order valence-corrected chi connectivity index (χ0v) is 11.3. The van der Waals surface area contributed by atoms with E-state index in [9.17, 15) is 0 Å². The Kier molecular flexibility index (Phi) is 2.83. The molecule has 1 saturated carbocycles. The van der Waals surface area contributed by atoms with Crippen molar-refractivity contribution >= 4 is 12.2 Å². The van der Waals surface area contributed by atoms with E-state index in [2.05, 4.69) is 33.6 Å². The van der Waals surface area contributed by atoms with Gasteiger partial charge in [0.25, 0.3) is 0 Å². The van der Waals surface area contributed by atoms with Crippen molar-refractivity contribution in [3.05, 3.63) is 10.6 Å². The van der Waals surface area contributed by atoms with Crippen molar-refractivity contribution in [1.29, 1.82) is 0 Å². The molecule has 2 atom stereocenters. The van der Waals surface area contributed by atoms with E-state index in [-0.39, 0.29) is 0 Å². The summed E-state index contributed by atoms with van der Waals surface area (Å²) >= 11 is 5.41. The molecule has 1 aliphatic heterocycles. The number of hydrogen-bond donors (Lipinski definition) is 1. The Labute approximate surface area is 107 Å². The van der Waals surface area contributed by atoms with Gasteiger partial charge in [-0.15, -0.1) is 0 Å². The third kappa shape index (κ3) is 2.06. The highest BCUT2D eigenvalue weighted by Crippen LogP contribution is 2.41. The highest BCUT2D eigenvalue weighted by Gasteiger charge is 2.34. The van der Waals surface area contributed by atoms with Gasteiger partial charge in [0.15, 0.2) is 4.77 Å². The highest BCUT2D eigenvalue weighted by atomic mass is 32.1. The molecule has 0 aromatic carbocycles. The number of piperidine rings is 1. The molecule has 2 heterocycles. The van der Waals surface area contributed by atoms with Crippen molar-refractivity contribution in [2.45, 2.75) is 38.1 Å². The molecule has 3 rings (SSSR count). The maximum atomic E-state index is 5.41. The largest absolute Gasteiger partial charge is 0.306 e. The SMILES string of the molecule is CC1CN(C)CCC1n1c(C2CC2)n[nH]c1=S. The first-order valence-electron chi connectivity index (χ1n) is 6.52. The second-order valence-electron chi connectivity index (χ2n) is 5.63. The van der Waals surface area contributed by atoms with E-state index < -0.39 is 0 Å². The molecule has 1 aliphatic carbocycles. The van der Waals surface area contributed by atoms with Crippen molar-refractivity contribution in [3.63, 3.8) is 0 Å². The van der Waals surface area contributed by atoms with Gasteiger partial charge in [-0.05, 0) is 51.0 Å². The lowest BCUT2D eigenvalue weighted by Crippen LogP contribution is -2.38. The van der Waals surface area contributed by atoms with Crippen molar-refractivity contribution in [3.8, 4) is 0 Å². The molecule has 94 valence electrons. The number of aromatic amines is 1. The van der Waals surface area contributed by atoms with Crippen molar-refractivity contribution in [2.24, 2.45) is 5.92 Å². The molecule has 0 spiro atoms. The van der Waals surface area contributed by atoms with Crippen molar-refractivity contribution in [1.82, 2.24) is 19.7 Å². The molecule has 2 unspecified atom stereocenters.